The summed E-state index contributed by atoms with van der Waals surface area (Å²) >= 11 is 0. The standard InChI is InChI=1S/C18H21N3O3/c22-17(16-7-4-10-24-16)19-8-9-20-18(23)21-12-14-11-15(14)13-5-2-1-3-6-13/h1-7,10,14-15H,8-9,11-12H2,(H,19,22)(H2,20,21,23)/t14-,15+/m1/s1. The van der Waals surface area contributed by atoms with E-state index in [9.17, 15) is 9.59 Å². The summed E-state index contributed by atoms with van der Waals surface area (Å²) in [5, 5.41) is 8.28. The molecule has 126 valence electrons. The first-order valence-corrected chi connectivity index (χ1v) is 8.12. The van der Waals surface area contributed by atoms with E-state index in [0.717, 1.165) is 6.42 Å². The second-order valence-corrected chi connectivity index (χ2v) is 5.88. The van der Waals surface area contributed by atoms with Crippen LogP contribution in [0.25, 0.3) is 0 Å². The maximum absolute atomic E-state index is 11.7. The van der Waals surface area contributed by atoms with Gasteiger partial charge in [-0.1, -0.05) is 30.3 Å². The average molecular weight is 327 g/mol. The molecule has 0 aliphatic heterocycles. The predicted molar refractivity (Wildman–Crippen MR) is 89.7 cm³/mol. The summed E-state index contributed by atoms with van der Waals surface area (Å²) in [6, 6.07) is 13.4. The van der Waals surface area contributed by atoms with E-state index in [4.69, 9.17) is 4.42 Å². The second-order valence-electron chi connectivity index (χ2n) is 5.88. The maximum atomic E-state index is 11.7. The molecule has 0 radical (unpaired) electrons. The third kappa shape index (κ3) is 4.38. The Balaban J connectivity index is 1.27. The van der Waals surface area contributed by atoms with E-state index in [2.05, 4.69) is 28.1 Å². The maximum Gasteiger partial charge on any atom is 0.314 e. The second kappa shape index (κ2) is 7.68. The van der Waals surface area contributed by atoms with Crippen LogP contribution >= 0.6 is 0 Å². The predicted octanol–water partition coefficient (Wildman–Crippen LogP) is 2.11. The molecule has 6 heteroatoms. The van der Waals surface area contributed by atoms with Crippen molar-refractivity contribution in [2.75, 3.05) is 19.6 Å². The quantitative estimate of drug-likeness (QED) is 0.681. The first kappa shape index (κ1) is 16.1. The number of rotatable bonds is 7. The molecule has 0 spiro atoms. The van der Waals surface area contributed by atoms with Crippen LogP contribution in [-0.4, -0.2) is 31.6 Å². The molecular weight excluding hydrogens is 306 g/mol. The molecule has 3 N–H and O–H groups in total. The molecule has 1 aromatic heterocycles. The van der Waals surface area contributed by atoms with Gasteiger partial charge in [0.2, 0.25) is 0 Å². The van der Waals surface area contributed by atoms with Gasteiger partial charge in [0.25, 0.3) is 5.91 Å². The minimum absolute atomic E-state index is 0.207. The van der Waals surface area contributed by atoms with E-state index in [1.807, 2.05) is 18.2 Å². The van der Waals surface area contributed by atoms with Gasteiger partial charge in [0, 0.05) is 19.6 Å². The number of urea groups is 1. The molecule has 0 bridgehead atoms. The number of benzene rings is 1. The lowest BCUT2D eigenvalue weighted by molar-refractivity contribution is 0.0926. The van der Waals surface area contributed by atoms with E-state index in [1.54, 1.807) is 12.1 Å². The Labute approximate surface area is 140 Å². The average Bonchev–Trinajstić information content (AvgIpc) is 3.18. The van der Waals surface area contributed by atoms with Crippen LogP contribution in [0.5, 0.6) is 0 Å². The molecule has 0 saturated heterocycles. The topological polar surface area (TPSA) is 83.4 Å². The van der Waals surface area contributed by atoms with Gasteiger partial charge in [-0.05, 0) is 36.0 Å². The summed E-state index contributed by atoms with van der Waals surface area (Å²) < 4.78 is 4.98. The van der Waals surface area contributed by atoms with Crippen molar-refractivity contribution in [3.05, 3.63) is 60.1 Å². The van der Waals surface area contributed by atoms with Crippen LogP contribution in [0.2, 0.25) is 0 Å². The van der Waals surface area contributed by atoms with E-state index in [1.165, 1.54) is 11.8 Å². The van der Waals surface area contributed by atoms with Crippen molar-refractivity contribution in [1.29, 1.82) is 0 Å². The summed E-state index contributed by atoms with van der Waals surface area (Å²) in [4.78, 5) is 23.3. The Kier molecular flexibility index (Phi) is 5.15. The molecule has 1 aromatic carbocycles. The zero-order valence-electron chi connectivity index (χ0n) is 13.3. The van der Waals surface area contributed by atoms with E-state index >= 15 is 0 Å². The summed E-state index contributed by atoms with van der Waals surface area (Å²) in [6.45, 7) is 1.39. The van der Waals surface area contributed by atoms with Crippen molar-refractivity contribution >= 4 is 11.9 Å². The number of nitrogens with one attached hydrogen (secondary N) is 3. The van der Waals surface area contributed by atoms with Crippen LogP contribution in [0.1, 0.15) is 28.5 Å². The normalized spacial score (nSPS) is 18.7. The minimum Gasteiger partial charge on any atom is -0.459 e. The van der Waals surface area contributed by atoms with Crippen molar-refractivity contribution < 1.29 is 14.0 Å². The molecule has 1 aliphatic carbocycles. The third-order valence-corrected chi connectivity index (χ3v) is 4.12. The number of carbonyl (C=O) groups is 2. The SMILES string of the molecule is O=C(NCCNC(=O)c1ccco1)NC[C@H]1C[C@H]1c1ccccc1. The van der Waals surface area contributed by atoms with E-state index in [-0.39, 0.29) is 17.7 Å². The Bertz CT molecular complexity index is 670. The van der Waals surface area contributed by atoms with Crippen molar-refractivity contribution in [3.8, 4) is 0 Å². The zero-order chi connectivity index (χ0) is 16.8. The Morgan fingerprint density at radius 3 is 2.54 bits per heavy atom. The van der Waals surface area contributed by atoms with Gasteiger partial charge in [-0.15, -0.1) is 0 Å². The van der Waals surface area contributed by atoms with Gasteiger partial charge >= 0.3 is 6.03 Å². The number of amides is 3. The molecule has 3 amide bonds. The number of carbonyl (C=O) groups excluding carboxylic acids is 2. The Morgan fingerprint density at radius 1 is 1.00 bits per heavy atom. The first-order chi connectivity index (χ1) is 11.7. The lowest BCUT2D eigenvalue weighted by atomic mass is 10.1. The van der Waals surface area contributed by atoms with Crippen LogP contribution in [0.4, 0.5) is 4.79 Å². The Hall–Kier alpha value is -2.76. The van der Waals surface area contributed by atoms with Gasteiger partial charge in [0.15, 0.2) is 5.76 Å². The molecule has 1 saturated carbocycles. The van der Waals surface area contributed by atoms with Crippen LogP contribution in [0.3, 0.4) is 0 Å². The molecular formula is C18H21N3O3. The summed E-state index contributed by atoms with van der Waals surface area (Å²) in [7, 11) is 0. The van der Waals surface area contributed by atoms with Crippen molar-refractivity contribution in [1.82, 2.24) is 16.0 Å². The van der Waals surface area contributed by atoms with Crippen molar-refractivity contribution in [3.63, 3.8) is 0 Å². The van der Waals surface area contributed by atoms with Crippen LogP contribution < -0.4 is 16.0 Å². The molecule has 1 fully saturated rings. The molecule has 6 nitrogen and oxygen atoms in total. The fourth-order valence-corrected chi connectivity index (χ4v) is 2.71. The first-order valence-electron chi connectivity index (χ1n) is 8.12. The van der Waals surface area contributed by atoms with Gasteiger partial charge in [-0.25, -0.2) is 4.79 Å². The lowest BCUT2D eigenvalue weighted by Crippen LogP contribution is -2.41. The fourth-order valence-electron chi connectivity index (χ4n) is 2.71. The van der Waals surface area contributed by atoms with Crippen LogP contribution in [0, 0.1) is 5.92 Å². The van der Waals surface area contributed by atoms with Gasteiger partial charge in [-0.3, -0.25) is 4.79 Å². The smallest absolute Gasteiger partial charge is 0.314 e. The molecule has 1 heterocycles. The summed E-state index contributed by atoms with van der Waals surface area (Å²) in [5.74, 6) is 1.04. The highest BCUT2D eigenvalue weighted by atomic mass is 16.3. The van der Waals surface area contributed by atoms with Gasteiger partial charge < -0.3 is 20.4 Å². The van der Waals surface area contributed by atoms with Crippen molar-refractivity contribution in [2.45, 2.75) is 12.3 Å². The monoisotopic (exact) mass is 327 g/mol. The molecule has 2 aromatic rings. The summed E-state index contributed by atoms with van der Waals surface area (Å²) in [5.41, 5.74) is 1.34. The molecule has 3 rings (SSSR count). The molecule has 2 atom stereocenters. The van der Waals surface area contributed by atoms with Gasteiger partial charge in [-0.2, -0.15) is 0 Å². The van der Waals surface area contributed by atoms with E-state index in [0.29, 0.717) is 31.5 Å². The largest absolute Gasteiger partial charge is 0.459 e. The fraction of sp³-hybridized carbons (Fsp3) is 0.333. The van der Waals surface area contributed by atoms with Crippen LogP contribution in [-0.2, 0) is 0 Å². The minimum atomic E-state index is -0.286. The molecule has 24 heavy (non-hydrogen) atoms. The number of hydrogen-bond donors (Lipinski definition) is 3. The molecule has 1 aliphatic rings. The Morgan fingerprint density at radius 2 is 1.79 bits per heavy atom. The van der Waals surface area contributed by atoms with Gasteiger partial charge in [0.05, 0.1) is 6.26 Å². The van der Waals surface area contributed by atoms with Crippen molar-refractivity contribution in [2.24, 2.45) is 5.92 Å². The van der Waals surface area contributed by atoms with Crippen LogP contribution in [0.15, 0.2) is 53.1 Å². The van der Waals surface area contributed by atoms with E-state index < -0.39 is 0 Å². The molecule has 0 unspecified atom stereocenters. The lowest BCUT2D eigenvalue weighted by Gasteiger charge is -2.08. The third-order valence-electron chi connectivity index (χ3n) is 4.12. The summed E-state index contributed by atoms with van der Waals surface area (Å²) in [6.07, 6.45) is 2.56. The zero-order valence-corrected chi connectivity index (χ0v) is 13.3. The number of furan rings is 1. The van der Waals surface area contributed by atoms with Gasteiger partial charge in [0.1, 0.15) is 0 Å². The highest BCUT2D eigenvalue weighted by molar-refractivity contribution is 5.91. The number of hydrogen-bond acceptors (Lipinski definition) is 3. The highest BCUT2D eigenvalue weighted by Crippen LogP contribution is 2.46. The highest BCUT2D eigenvalue weighted by Gasteiger charge is 2.37.